The van der Waals surface area contributed by atoms with Crippen molar-refractivity contribution in [2.75, 3.05) is 11.9 Å². The Hall–Kier alpha value is -4.01. The fourth-order valence-corrected chi connectivity index (χ4v) is 3.02. The zero-order chi connectivity index (χ0) is 20.9. The Morgan fingerprint density at radius 1 is 1.10 bits per heavy atom. The topological polar surface area (TPSA) is 104 Å². The summed E-state index contributed by atoms with van der Waals surface area (Å²) in [5.41, 5.74) is 1.72. The summed E-state index contributed by atoms with van der Waals surface area (Å²) in [7, 11) is 0. The second-order valence-electron chi connectivity index (χ2n) is 6.59. The van der Waals surface area contributed by atoms with E-state index in [1.807, 2.05) is 37.3 Å². The molecule has 0 saturated heterocycles. The second-order valence-corrected chi connectivity index (χ2v) is 6.59. The molecule has 2 aromatic heterocycles. The van der Waals surface area contributed by atoms with Crippen molar-refractivity contribution in [3.8, 4) is 5.75 Å². The summed E-state index contributed by atoms with van der Waals surface area (Å²) in [5.74, 6) is 0.374. The Balaban J connectivity index is 1.48. The van der Waals surface area contributed by atoms with Gasteiger partial charge >= 0.3 is 0 Å². The minimum atomic E-state index is -0.416. The number of nitrogens with zero attached hydrogens (tertiary/aromatic N) is 5. The van der Waals surface area contributed by atoms with E-state index in [1.165, 1.54) is 10.9 Å². The minimum absolute atomic E-state index is 0.127. The molecule has 0 unspecified atom stereocenters. The Kier molecular flexibility index (Phi) is 5.51. The SMILES string of the molecule is CCOc1ccc(NC(=O)Cn2cnc3c(nnn3Cc3ccccc3)c2=O)cc1. The highest BCUT2D eigenvalue weighted by Gasteiger charge is 2.14. The number of anilines is 1. The van der Waals surface area contributed by atoms with E-state index in [-0.39, 0.29) is 18.0 Å². The highest BCUT2D eigenvalue weighted by molar-refractivity contribution is 5.90. The third kappa shape index (κ3) is 4.19. The van der Waals surface area contributed by atoms with Gasteiger partial charge in [-0.05, 0) is 36.8 Å². The molecule has 0 spiro atoms. The molecular weight excluding hydrogens is 384 g/mol. The molecule has 4 rings (SSSR count). The first-order valence-electron chi connectivity index (χ1n) is 9.49. The molecule has 0 saturated carbocycles. The van der Waals surface area contributed by atoms with Gasteiger partial charge in [-0.1, -0.05) is 35.5 Å². The fourth-order valence-electron chi connectivity index (χ4n) is 3.02. The van der Waals surface area contributed by atoms with Gasteiger partial charge in [0.05, 0.1) is 13.2 Å². The summed E-state index contributed by atoms with van der Waals surface area (Å²) in [5, 5.41) is 10.8. The molecule has 2 heterocycles. The van der Waals surface area contributed by atoms with Crippen LogP contribution in [-0.2, 0) is 17.9 Å². The number of hydrogen-bond acceptors (Lipinski definition) is 6. The van der Waals surface area contributed by atoms with E-state index >= 15 is 0 Å². The second kappa shape index (κ2) is 8.56. The van der Waals surface area contributed by atoms with E-state index in [4.69, 9.17) is 4.74 Å². The van der Waals surface area contributed by atoms with Gasteiger partial charge in [-0.15, -0.1) is 5.10 Å². The van der Waals surface area contributed by atoms with Crippen LogP contribution < -0.4 is 15.6 Å². The summed E-state index contributed by atoms with van der Waals surface area (Å²) in [4.78, 5) is 29.4. The zero-order valence-corrected chi connectivity index (χ0v) is 16.4. The molecule has 0 bridgehead atoms. The molecule has 30 heavy (non-hydrogen) atoms. The molecular formula is C21H20N6O3. The molecule has 0 aliphatic heterocycles. The summed E-state index contributed by atoms with van der Waals surface area (Å²) in [6, 6.07) is 16.7. The Morgan fingerprint density at radius 3 is 2.60 bits per heavy atom. The first-order chi connectivity index (χ1) is 14.6. The largest absolute Gasteiger partial charge is 0.494 e. The standard InChI is InChI=1S/C21H20N6O3/c1-2-30-17-10-8-16(9-11-17)23-18(28)13-26-14-22-20-19(21(26)29)24-25-27(20)12-15-6-4-3-5-7-15/h3-11,14H,2,12-13H2,1H3,(H,23,28). The van der Waals surface area contributed by atoms with E-state index in [0.29, 0.717) is 24.5 Å². The highest BCUT2D eigenvalue weighted by Crippen LogP contribution is 2.15. The number of ether oxygens (including phenoxy) is 1. The number of fused-ring (bicyclic) bond motifs is 1. The fraction of sp³-hybridized carbons (Fsp3) is 0.190. The molecule has 0 atom stereocenters. The van der Waals surface area contributed by atoms with Crippen molar-refractivity contribution in [3.05, 3.63) is 76.8 Å². The number of benzene rings is 2. The Bertz CT molecular complexity index is 1220. The van der Waals surface area contributed by atoms with Crippen LogP contribution in [0.4, 0.5) is 5.69 Å². The van der Waals surface area contributed by atoms with Gasteiger partial charge in [0.15, 0.2) is 11.2 Å². The van der Waals surface area contributed by atoms with Crippen molar-refractivity contribution in [3.63, 3.8) is 0 Å². The first kappa shape index (κ1) is 19.3. The van der Waals surface area contributed by atoms with E-state index in [1.54, 1.807) is 28.9 Å². The van der Waals surface area contributed by atoms with Crippen LogP contribution >= 0.6 is 0 Å². The van der Waals surface area contributed by atoms with Gasteiger partial charge in [-0.2, -0.15) is 0 Å². The van der Waals surface area contributed by atoms with Gasteiger partial charge in [-0.25, -0.2) is 9.67 Å². The lowest BCUT2D eigenvalue weighted by molar-refractivity contribution is -0.116. The quantitative estimate of drug-likeness (QED) is 0.506. The maximum atomic E-state index is 12.7. The van der Waals surface area contributed by atoms with Crippen LogP contribution in [0.1, 0.15) is 12.5 Å². The predicted octanol–water partition coefficient (Wildman–Crippen LogP) is 2.07. The predicted molar refractivity (Wildman–Crippen MR) is 111 cm³/mol. The van der Waals surface area contributed by atoms with Crippen LogP contribution in [0.3, 0.4) is 0 Å². The average molecular weight is 404 g/mol. The van der Waals surface area contributed by atoms with Gasteiger partial charge in [0.25, 0.3) is 5.56 Å². The average Bonchev–Trinajstić information content (AvgIpc) is 3.16. The molecule has 9 nitrogen and oxygen atoms in total. The van der Waals surface area contributed by atoms with Crippen LogP contribution in [0.5, 0.6) is 5.75 Å². The molecule has 1 amide bonds. The van der Waals surface area contributed by atoms with Crippen molar-refractivity contribution in [2.24, 2.45) is 0 Å². The van der Waals surface area contributed by atoms with E-state index in [9.17, 15) is 9.59 Å². The van der Waals surface area contributed by atoms with Crippen LogP contribution in [0, 0.1) is 0 Å². The van der Waals surface area contributed by atoms with Gasteiger partial charge in [-0.3, -0.25) is 14.2 Å². The van der Waals surface area contributed by atoms with Gasteiger partial charge in [0, 0.05) is 5.69 Å². The summed E-state index contributed by atoms with van der Waals surface area (Å²) < 4.78 is 8.16. The number of hydrogen-bond donors (Lipinski definition) is 1. The molecule has 152 valence electrons. The van der Waals surface area contributed by atoms with Crippen molar-refractivity contribution in [2.45, 2.75) is 20.0 Å². The number of carbonyl (C=O) groups excluding carboxylic acids is 1. The number of carbonyl (C=O) groups is 1. The molecule has 4 aromatic rings. The first-order valence-corrected chi connectivity index (χ1v) is 9.49. The van der Waals surface area contributed by atoms with Crippen LogP contribution in [0.25, 0.3) is 11.2 Å². The molecule has 9 heteroatoms. The lowest BCUT2D eigenvalue weighted by Crippen LogP contribution is -2.28. The third-order valence-electron chi connectivity index (χ3n) is 4.43. The normalized spacial score (nSPS) is 10.8. The number of amides is 1. The number of nitrogens with one attached hydrogen (secondary N) is 1. The Labute approximate surface area is 171 Å². The summed E-state index contributed by atoms with van der Waals surface area (Å²) >= 11 is 0. The van der Waals surface area contributed by atoms with Crippen LogP contribution in [0.2, 0.25) is 0 Å². The van der Waals surface area contributed by atoms with Crippen molar-refractivity contribution in [1.82, 2.24) is 24.5 Å². The zero-order valence-electron chi connectivity index (χ0n) is 16.4. The maximum Gasteiger partial charge on any atom is 0.283 e. The lowest BCUT2D eigenvalue weighted by atomic mass is 10.2. The minimum Gasteiger partial charge on any atom is -0.494 e. The van der Waals surface area contributed by atoms with E-state index < -0.39 is 5.56 Å². The monoisotopic (exact) mass is 404 g/mol. The van der Waals surface area contributed by atoms with Crippen LogP contribution in [0.15, 0.2) is 65.7 Å². The maximum absolute atomic E-state index is 12.7. The molecule has 1 N–H and O–H groups in total. The van der Waals surface area contributed by atoms with Crippen molar-refractivity contribution in [1.29, 1.82) is 0 Å². The molecule has 2 aromatic carbocycles. The molecule has 0 aliphatic carbocycles. The number of aromatic nitrogens is 5. The van der Waals surface area contributed by atoms with E-state index in [2.05, 4.69) is 20.6 Å². The third-order valence-corrected chi connectivity index (χ3v) is 4.43. The molecule has 0 radical (unpaired) electrons. The van der Waals surface area contributed by atoms with Crippen molar-refractivity contribution >= 4 is 22.8 Å². The van der Waals surface area contributed by atoms with Crippen molar-refractivity contribution < 1.29 is 9.53 Å². The van der Waals surface area contributed by atoms with Gasteiger partial charge in [0.1, 0.15) is 18.6 Å². The highest BCUT2D eigenvalue weighted by atomic mass is 16.5. The molecule has 0 fully saturated rings. The van der Waals surface area contributed by atoms with Gasteiger partial charge in [0.2, 0.25) is 5.91 Å². The smallest absolute Gasteiger partial charge is 0.283 e. The summed E-state index contributed by atoms with van der Waals surface area (Å²) in [6.07, 6.45) is 1.34. The number of rotatable bonds is 7. The Morgan fingerprint density at radius 2 is 1.87 bits per heavy atom. The lowest BCUT2D eigenvalue weighted by Gasteiger charge is -2.08. The van der Waals surface area contributed by atoms with Crippen LogP contribution in [-0.4, -0.2) is 37.1 Å². The van der Waals surface area contributed by atoms with Gasteiger partial charge < -0.3 is 10.1 Å². The summed E-state index contributed by atoms with van der Waals surface area (Å²) in [6.45, 7) is 2.74. The molecule has 0 aliphatic rings. The van der Waals surface area contributed by atoms with E-state index in [0.717, 1.165) is 11.3 Å².